The van der Waals surface area contributed by atoms with Crippen LogP contribution in [0.15, 0.2) is 20.1 Å². The Hall–Kier alpha value is 0.0500. The fourth-order valence-corrected chi connectivity index (χ4v) is 6.15. The summed E-state index contributed by atoms with van der Waals surface area (Å²) in [6.07, 6.45) is 0.924. The average molecular weight is 354 g/mol. The molecule has 1 aromatic rings. The third kappa shape index (κ3) is 2.65. The maximum absolute atomic E-state index is 12.5. The molecule has 2 atom stereocenters. The van der Waals surface area contributed by atoms with Gasteiger partial charge in [0.2, 0.25) is 0 Å². The first kappa shape index (κ1) is 14.5. The normalized spacial score (nSPS) is 26.4. The van der Waals surface area contributed by atoms with Crippen LogP contribution in [0.4, 0.5) is 0 Å². The largest absolute Gasteiger partial charge is 0.393 e. The van der Waals surface area contributed by atoms with E-state index in [9.17, 15) is 13.5 Å². The van der Waals surface area contributed by atoms with E-state index in [0.29, 0.717) is 28.2 Å². The van der Waals surface area contributed by atoms with Crippen molar-refractivity contribution in [2.75, 3.05) is 13.1 Å². The van der Waals surface area contributed by atoms with Gasteiger partial charge in [0, 0.05) is 17.6 Å². The minimum atomic E-state index is -3.42. The van der Waals surface area contributed by atoms with Crippen LogP contribution in [-0.4, -0.2) is 37.0 Å². The van der Waals surface area contributed by atoms with Gasteiger partial charge in [-0.15, -0.1) is 11.3 Å². The van der Waals surface area contributed by atoms with Crippen LogP contribution in [0.2, 0.25) is 0 Å². The van der Waals surface area contributed by atoms with E-state index >= 15 is 0 Å². The zero-order valence-electron chi connectivity index (χ0n) is 10.0. The first-order chi connectivity index (χ1) is 8.46. The predicted octanol–water partition coefficient (Wildman–Crippen LogP) is 2.29. The lowest BCUT2D eigenvalue weighted by Crippen LogP contribution is -2.45. The van der Waals surface area contributed by atoms with E-state index in [2.05, 4.69) is 15.9 Å². The summed E-state index contributed by atoms with van der Waals surface area (Å²) in [6.45, 7) is 2.78. The van der Waals surface area contributed by atoms with Crippen LogP contribution in [0.5, 0.6) is 0 Å². The van der Waals surface area contributed by atoms with E-state index in [1.54, 1.807) is 11.4 Å². The number of rotatable bonds is 3. The topological polar surface area (TPSA) is 57.6 Å². The molecule has 1 fully saturated rings. The van der Waals surface area contributed by atoms with Gasteiger partial charge in [-0.25, -0.2) is 8.42 Å². The van der Waals surface area contributed by atoms with Crippen LogP contribution in [0, 0.1) is 5.92 Å². The first-order valence-electron chi connectivity index (χ1n) is 5.88. The Morgan fingerprint density at radius 3 is 2.89 bits per heavy atom. The number of hydrogen-bond donors (Lipinski definition) is 1. The Labute approximate surface area is 120 Å². The maximum atomic E-state index is 12.5. The van der Waals surface area contributed by atoms with E-state index in [1.165, 1.54) is 15.6 Å². The Bertz CT molecular complexity index is 514. The fourth-order valence-electron chi connectivity index (χ4n) is 2.19. The summed E-state index contributed by atoms with van der Waals surface area (Å²) in [5.74, 6) is 0.0345. The summed E-state index contributed by atoms with van der Waals surface area (Å²) in [7, 11) is -3.42. The summed E-state index contributed by atoms with van der Waals surface area (Å²) >= 11 is 4.49. The molecule has 4 nitrogen and oxygen atoms in total. The zero-order valence-corrected chi connectivity index (χ0v) is 13.3. The Morgan fingerprint density at radius 1 is 1.61 bits per heavy atom. The molecular formula is C11H16BrNO3S2. The molecule has 1 aliphatic rings. The molecular weight excluding hydrogens is 338 g/mol. The van der Waals surface area contributed by atoms with Gasteiger partial charge in [-0.3, -0.25) is 0 Å². The molecule has 0 aliphatic carbocycles. The highest BCUT2D eigenvalue weighted by molar-refractivity contribution is 9.10. The van der Waals surface area contributed by atoms with Crippen LogP contribution < -0.4 is 0 Å². The molecule has 0 amide bonds. The average Bonchev–Trinajstić information content (AvgIpc) is 2.76. The molecule has 1 aromatic heterocycles. The molecule has 18 heavy (non-hydrogen) atoms. The molecule has 102 valence electrons. The van der Waals surface area contributed by atoms with Crippen LogP contribution in [-0.2, 0) is 10.0 Å². The van der Waals surface area contributed by atoms with Gasteiger partial charge in [-0.05, 0) is 46.1 Å². The maximum Gasteiger partial charge on any atom is 0.253 e. The van der Waals surface area contributed by atoms with Crippen LogP contribution in [0.1, 0.15) is 19.8 Å². The van der Waals surface area contributed by atoms with Gasteiger partial charge in [-0.2, -0.15) is 4.31 Å². The number of halogens is 1. The second-order valence-corrected chi connectivity index (χ2v) is 8.35. The SMILES string of the molecule is CCC1CN(S(=O)(=O)c2sccc2Br)CCC1O. The second-order valence-electron chi connectivity index (χ2n) is 4.44. The molecule has 0 radical (unpaired) electrons. The highest BCUT2D eigenvalue weighted by Gasteiger charge is 2.35. The number of aliphatic hydroxyl groups excluding tert-OH is 1. The number of piperidine rings is 1. The molecule has 0 saturated carbocycles. The van der Waals surface area contributed by atoms with E-state index < -0.39 is 10.0 Å². The minimum absolute atomic E-state index is 0.0345. The van der Waals surface area contributed by atoms with E-state index in [4.69, 9.17) is 0 Å². The fraction of sp³-hybridized carbons (Fsp3) is 0.636. The number of hydrogen-bond acceptors (Lipinski definition) is 4. The van der Waals surface area contributed by atoms with Gasteiger partial charge < -0.3 is 5.11 Å². The van der Waals surface area contributed by atoms with Crippen LogP contribution >= 0.6 is 27.3 Å². The molecule has 1 aliphatic heterocycles. The lowest BCUT2D eigenvalue weighted by molar-refractivity contribution is 0.0521. The minimum Gasteiger partial charge on any atom is -0.393 e. The van der Waals surface area contributed by atoms with Gasteiger partial charge in [0.15, 0.2) is 0 Å². The lowest BCUT2D eigenvalue weighted by atomic mass is 9.94. The summed E-state index contributed by atoms with van der Waals surface area (Å²) < 4.78 is 27.4. The van der Waals surface area contributed by atoms with Gasteiger partial charge in [0.05, 0.1) is 6.10 Å². The molecule has 2 unspecified atom stereocenters. The monoisotopic (exact) mass is 353 g/mol. The van der Waals surface area contributed by atoms with Crippen molar-refractivity contribution in [2.24, 2.45) is 5.92 Å². The number of aliphatic hydroxyl groups is 1. The van der Waals surface area contributed by atoms with Crippen molar-refractivity contribution in [3.63, 3.8) is 0 Å². The highest BCUT2D eigenvalue weighted by Crippen LogP contribution is 2.32. The lowest BCUT2D eigenvalue weighted by Gasteiger charge is -2.34. The highest BCUT2D eigenvalue weighted by atomic mass is 79.9. The van der Waals surface area contributed by atoms with Gasteiger partial charge in [0.1, 0.15) is 4.21 Å². The summed E-state index contributed by atoms with van der Waals surface area (Å²) in [6, 6.07) is 1.74. The predicted molar refractivity (Wildman–Crippen MR) is 75.2 cm³/mol. The first-order valence-corrected chi connectivity index (χ1v) is 8.99. The number of thiophene rings is 1. The number of sulfonamides is 1. The Morgan fingerprint density at radius 2 is 2.33 bits per heavy atom. The van der Waals surface area contributed by atoms with Crippen LogP contribution in [0.25, 0.3) is 0 Å². The third-order valence-electron chi connectivity index (χ3n) is 3.34. The Kier molecular flexibility index (Phi) is 4.48. The summed E-state index contributed by atoms with van der Waals surface area (Å²) in [5, 5.41) is 11.6. The van der Waals surface area contributed by atoms with Gasteiger partial charge in [0.25, 0.3) is 10.0 Å². The number of nitrogens with zero attached hydrogens (tertiary/aromatic N) is 1. The zero-order chi connectivity index (χ0) is 13.3. The van der Waals surface area contributed by atoms with Crippen molar-refractivity contribution in [3.8, 4) is 0 Å². The van der Waals surface area contributed by atoms with E-state index in [1.807, 2.05) is 6.92 Å². The van der Waals surface area contributed by atoms with Crippen LogP contribution in [0.3, 0.4) is 0 Å². The van der Waals surface area contributed by atoms with E-state index in [0.717, 1.165) is 6.42 Å². The van der Waals surface area contributed by atoms with Crippen molar-refractivity contribution in [2.45, 2.75) is 30.1 Å². The molecule has 0 bridgehead atoms. The van der Waals surface area contributed by atoms with Crippen molar-refractivity contribution < 1.29 is 13.5 Å². The standard InChI is InChI=1S/C11H16BrNO3S2/c1-2-8-7-13(5-3-10(8)14)18(15,16)11-9(12)4-6-17-11/h4,6,8,10,14H,2-3,5,7H2,1H3. The molecule has 1 N–H and O–H groups in total. The summed E-state index contributed by atoms with van der Waals surface area (Å²) in [5.41, 5.74) is 0. The quantitative estimate of drug-likeness (QED) is 0.906. The molecule has 0 aromatic carbocycles. The second kappa shape index (κ2) is 5.58. The van der Waals surface area contributed by atoms with E-state index in [-0.39, 0.29) is 12.0 Å². The molecule has 1 saturated heterocycles. The van der Waals surface area contributed by atoms with Gasteiger partial charge >= 0.3 is 0 Å². The molecule has 2 rings (SSSR count). The van der Waals surface area contributed by atoms with Crippen molar-refractivity contribution in [1.82, 2.24) is 4.31 Å². The van der Waals surface area contributed by atoms with Crippen molar-refractivity contribution in [1.29, 1.82) is 0 Å². The molecule has 2 heterocycles. The van der Waals surface area contributed by atoms with Crippen molar-refractivity contribution in [3.05, 3.63) is 15.9 Å². The van der Waals surface area contributed by atoms with Gasteiger partial charge in [-0.1, -0.05) is 6.92 Å². The smallest absolute Gasteiger partial charge is 0.253 e. The molecule has 0 spiro atoms. The summed E-state index contributed by atoms with van der Waals surface area (Å²) in [4.78, 5) is 0. The Balaban J connectivity index is 2.24. The third-order valence-corrected chi connectivity index (χ3v) is 7.85. The molecule has 7 heteroatoms. The van der Waals surface area contributed by atoms with Crippen molar-refractivity contribution >= 4 is 37.3 Å².